The number of nitrogens with zero attached hydrogens (tertiary/aromatic N) is 1. The first-order chi connectivity index (χ1) is 8.93. The van der Waals surface area contributed by atoms with Crippen LogP contribution >= 0.6 is 11.8 Å². The molecule has 0 fully saturated rings. The minimum Gasteiger partial charge on any atom is -0.480 e. The summed E-state index contributed by atoms with van der Waals surface area (Å²) >= 11 is 1.14. The molecule has 1 unspecified atom stereocenters. The fourth-order valence-electron chi connectivity index (χ4n) is 1.66. The van der Waals surface area contributed by atoms with Gasteiger partial charge in [-0.1, -0.05) is 18.2 Å². The number of aliphatic carboxylic acids is 1. The van der Waals surface area contributed by atoms with Crippen LogP contribution in [-0.4, -0.2) is 34.0 Å². The predicted molar refractivity (Wildman–Crippen MR) is 78.6 cm³/mol. The predicted octanol–water partition coefficient (Wildman–Crippen LogP) is 2.63. The lowest BCUT2D eigenvalue weighted by molar-refractivity contribution is -0.136. The van der Waals surface area contributed by atoms with E-state index < -0.39 is 11.2 Å². The van der Waals surface area contributed by atoms with E-state index in [0.29, 0.717) is 0 Å². The van der Waals surface area contributed by atoms with Gasteiger partial charge < -0.3 is 10.0 Å². The van der Waals surface area contributed by atoms with Crippen LogP contribution in [0.15, 0.2) is 30.3 Å². The van der Waals surface area contributed by atoms with Crippen molar-refractivity contribution in [3.63, 3.8) is 0 Å². The molecule has 1 amide bonds. The van der Waals surface area contributed by atoms with E-state index in [9.17, 15) is 9.59 Å². The lowest BCUT2D eigenvalue weighted by Crippen LogP contribution is -2.38. The number of carbonyl (C=O) groups excluding carboxylic acids is 1. The molecule has 4 nitrogen and oxygen atoms in total. The van der Waals surface area contributed by atoms with E-state index >= 15 is 0 Å². The smallest absolute Gasteiger partial charge is 0.316 e. The van der Waals surface area contributed by atoms with E-state index in [1.54, 1.807) is 11.8 Å². The van der Waals surface area contributed by atoms with Crippen molar-refractivity contribution in [2.24, 2.45) is 0 Å². The highest BCUT2D eigenvalue weighted by Gasteiger charge is 2.21. The number of carbonyl (C=O) groups is 2. The molecular formula is C14H19NO3S. The van der Waals surface area contributed by atoms with E-state index in [2.05, 4.69) is 0 Å². The Morgan fingerprint density at radius 2 is 1.79 bits per heavy atom. The van der Waals surface area contributed by atoms with Gasteiger partial charge in [-0.05, 0) is 32.9 Å². The second-order valence-corrected chi connectivity index (χ2v) is 5.81. The van der Waals surface area contributed by atoms with Crippen molar-refractivity contribution in [1.82, 2.24) is 0 Å². The molecule has 0 aliphatic rings. The lowest BCUT2D eigenvalue weighted by Gasteiger charge is -2.27. The largest absolute Gasteiger partial charge is 0.480 e. The van der Waals surface area contributed by atoms with Gasteiger partial charge in [-0.15, -0.1) is 11.8 Å². The van der Waals surface area contributed by atoms with E-state index in [1.807, 2.05) is 44.2 Å². The van der Waals surface area contributed by atoms with Crippen molar-refractivity contribution < 1.29 is 14.7 Å². The molecule has 0 heterocycles. The summed E-state index contributed by atoms with van der Waals surface area (Å²) in [7, 11) is 0. The molecule has 0 aliphatic carbocycles. The van der Waals surface area contributed by atoms with Gasteiger partial charge in [-0.3, -0.25) is 9.59 Å². The molecule has 1 rings (SSSR count). The molecule has 0 saturated carbocycles. The van der Waals surface area contributed by atoms with Gasteiger partial charge in [0.15, 0.2) is 0 Å². The highest BCUT2D eigenvalue weighted by Crippen LogP contribution is 2.19. The van der Waals surface area contributed by atoms with Gasteiger partial charge in [0.05, 0.1) is 11.0 Å². The minimum absolute atomic E-state index is 0.0376. The molecule has 1 aromatic rings. The minimum atomic E-state index is -0.895. The van der Waals surface area contributed by atoms with E-state index in [4.69, 9.17) is 5.11 Å². The molecule has 104 valence electrons. The highest BCUT2D eigenvalue weighted by atomic mass is 32.2. The third-order valence-electron chi connectivity index (χ3n) is 2.62. The van der Waals surface area contributed by atoms with Crippen LogP contribution in [0.1, 0.15) is 20.8 Å². The molecule has 0 aromatic heterocycles. The van der Waals surface area contributed by atoms with Crippen molar-refractivity contribution in [1.29, 1.82) is 0 Å². The molecule has 0 bridgehead atoms. The Hall–Kier alpha value is -1.49. The van der Waals surface area contributed by atoms with Gasteiger partial charge in [0, 0.05) is 11.7 Å². The lowest BCUT2D eigenvalue weighted by atomic mass is 10.2. The van der Waals surface area contributed by atoms with Gasteiger partial charge in [0.25, 0.3) is 0 Å². The normalized spacial score (nSPS) is 12.2. The quantitative estimate of drug-likeness (QED) is 0.871. The molecule has 1 aromatic carbocycles. The van der Waals surface area contributed by atoms with Crippen LogP contribution in [0.2, 0.25) is 0 Å². The van der Waals surface area contributed by atoms with E-state index in [1.165, 1.54) is 0 Å². The number of amides is 1. The van der Waals surface area contributed by atoms with E-state index in [0.717, 1.165) is 17.4 Å². The molecule has 0 aliphatic heterocycles. The summed E-state index contributed by atoms with van der Waals surface area (Å²) in [5.41, 5.74) is 0.839. The second-order valence-electron chi connectivity index (χ2n) is 4.48. The Balaban J connectivity index is 2.73. The zero-order valence-electron chi connectivity index (χ0n) is 11.4. The fourth-order valence-corrected chi connectivity index (χ4v) is 2.33. The van der Waals surface area contributed by atoms with Gasteiger partial charge in [0.2, 0.25) is 5.91 Å². The van der Waals surface area contributed by atoms with Gasteiger partial charge in [-0.2, -0.15) is 0 Å². The van der Waals surface area contributed by atoms with Crippen LogP contribution in [0, 0.1) is 0 Å². The summed E-state index contributed by atoms with van der Waals surface area (Å²) in [6.45, 7) is 5.47. The van der Waals surface area contributed by atoms with E-state index in [-0.39, 0.29) is 17.7 Å². The Bertz CT molecular complexity index is 434. The number of hydrogen-bond donors (Lipinski definition) is 1. The third-order valence-corrected chi connectivity index (χ3v) is 3.74. The zero-order chi connectivity index (χ0) is 14.4. The van der Waals surface area contributed by atoms with Crippen molar-refractivity contribution in [2.45, 2.75) is 32.1 Å². The summed E-state index contributed by atoms with van der Waals surface area (Å²) in [4.78, 5) is 24.7. The Kier molecular flexibility index (Phi) is 5.89. The number of anilines is 1. The van der Waals surface area contributed by atoms with Crippen LogP contribution in [-0.2, 0) is 9.59 Å². The van der Waals surface area contributed by atoms with Crippen LogP contribution in [0.25, 0.3) is 0 Å². The summed E-state index contributed by atoms with van der Waals surface area (Å²) in [6, 6.07) is 9.45. The Morgan fingerprint density at radius 3 is 2.26 bits per heavy atom. The number of carboxylic acids is 1. The van der Waals surface area contributed by atoms with Gasteiger partial charge >= 0.3 is 5.97 Å². The average Bonchev–Trinajstić information content (AvgIpc) is 2.36. The molecule has 0 saturated heterocycles. The molecule has 1 N–H and O–H groups in total. The number of hydrogen-bond acceptors (Lipinski definition) is 3. The number of rotatable bonds is 6. The fraction of sp³-hybridized carbons (Fsp3) is 0.429. The number of para-hydroxylation sites is 1. The monoisotopic (exact) mass is 281 g/mol. The third kappa shape index (κ3) is 4.59. The maximum absolute atomic E-state index is 12.2. The Labute approximate surface area is 117 Å². The number of benzene rings is 1. The molecule has 0 radical (unpaired) electrons. The van der Waals surface area contributed by atoms with Crippen molar-refractivity contribution in [2.75, 3.05) is 10.7 Å². The van der Waals surface area contributed by atoms with Crippen molar-refractivity contribution in [3.8, 4) is 0 Å². The molecule has 5 heteroatoms. The maximum Gasteiger partial charge on any atom is 0.316 e. The number of carboxylic acid groups (broad SMARTS) is 1. The van der Waals surface area contributed by atoms with Crippen molar-refractivity contribution in [3.05, 3.63) is 30.3 Å². The summed E-state index contributed by atoms with van der Waals surface area (Å²) in [6.07, 6.45) is 0. The van der Waals surface area contributed by atoms with Crippen LogP contribution in [0.3, 0.4) is 0 Å². The van der Waals surface area contributed by atoms with Crippen LogP contribution < -0.4 is 4.90 Å². The molecular weight excluding hydrogens is 262 g/mol. The second kappa shape index (κ2) is 7.19. The first kappa shape index (κ1) is 15.6. The number of thioether (sulfide) groups is 1. The topological polar surface area (TPSA) is 57.6 Å². The van der Waals surface area contributed by atoms with Gasteiger partial charge in [0.1, 0.15) is 0 Å². The van der Waals surface area contributed by atoms with Gasteiger partial charge in [-0.25, -0.2) is 0 Å². The van der Waals surface area contributed by atoms with Crippen LogP contribution in [0.5, 0.6) is 0 Å². The van der Waals surface area contributed by atoms with Crippen molar-refractivity contribution >= 4 is 29.3 Å². The molecule has 19 heavy (non-hydrogen) atoms. The first-order valence-corrected chi connectivity index (χ1v) is 7.20. The Morgan fingerprint density at radius 1 is 1.21 bits per heavy atom. The molecule has 1 atom stereocenters. The SMILES string of the molecule is CC(SCC(=O)N(c1ccccc1)C(C)C)C(=O)O. The zero-order valence-corrected chi connectivity index (χ0v) is 12.2. The summed E-state index contributed by atoms with van der Waals surface area (Å²) in [5, 5.41) is 8.24. The standard InChI is InChI=1S/C14H19NO3S/c1-10(2)15(12-7-5-4-6-8-12)13(16)9-19-11(3)14(17)18/h4-8,10-11H,9H2,1-3H3,(H,17,18). The molecule has 0 spiro atoms. The summed E-state index contributed by atoms with van der Waals surface area (Å²) < 4.78 is 0. The highest BCUT2D eigenvalue weighted by molar-refractivity contribution is 8.01. The van der Waals surface area contributed by atoms with Crippen LogP contribution in [0.4, 0.5) is 5.69 Å². The average molecular weight is 281 g/mol. The summed E-state index contributed by atoms with van der Waals surface area (Å²) in [5.74, 6) is -0.798. The maximum atomic E-state index is 12.2. The first-order valence-electron chi connectivity index (χ1n) is 6.15.